The zero-order valence-electron chi connectivity index (χ0n) is 11.9. The summed E-state index contributed by atoms with van der Waals surface area (Å²) in [6.07, 6.45) is 2.33. The van der Waals surface area contributed by atoms with Crippen LogP contribution in [0.4, 0.5) is 0 Å². The zero-order chi connectivity index (χ0) is 13.1. The largest absolute Gasteiger partial charge is 0.441 e. The van der Waals surface area contributed by atoms with E-state index in [-0.39, 0.29) is 0 Å². The van der Waals surface area contributed by atoms with Crippen molar-refractivity contribution in [1.82, 2.24) is 5.32 Å². The Balaban J connectivity index is 3.58. The Labute approximate surface area is 112 Å². The Morgan fingerprint density at radius 1 is 1.00 bits per heavy atom. The smallest absolute Gasteiger partial charge is 0.297 e. The Morgan fingerprint density at radius 2 is 1.53 bits per heavy atom. The van der Waals surface area contributed by atoms with Gasteiger partial charge in [0, 0.05) is 0 Å². The topological polar surface area (TPSA) is 56.5 Å². The molecule has 0 saturated carbocycles. The third kappa shape index (κ3) is 11.3. The predicted molar refractivity (Wildman–Crippen MR) is 83.0 cm³/mol. The molecule has 104 valence electrons. The van der Waals surface area contributed by atoms with Crippen molar-refractivity contribution in [3.8, 4) is 0 Å². The van der Waals surface area contributed by atoms with Gasteiger partial charge in [-0.15, -0.1) is 0 Å². The Hall–Kier alpha value is 0.491. The minimum absolute atomic E-state index is 0.784. The third-order valence-electron chi connectivity index (χ3n) is 2.70. The first-order valence-electron chi connectivity index (χ1n) is 6.75. The fraction of sp³-hybridized carbons (Fsp3) is 1.00. The molecule has 0 aliphatic rings. The van der Waals surface area contributed by atoms with Gasteiger partial charge in [-0.05, 0) is 64.7 Å². The highest BCUT2D eigenvalue weighted by Gasteiger charge is 2.15. The van der Waals surface area contributed by atoms with Gasteiger partial charge in [0.25, 0.3) is 9.28 Å². The van der Waals surface area contributed by atoms with Crippen molar-refractivity contribution in [3.05, 3.63) is 0 Å². The monoisotopic (exact) mass is 294 g/mol. The Bertz CT molecular complexity index is 178. The summed E-state index contributed by atoms with van der Waals surface area (Å²) in [5, 5.41) is 3.17. The van der Waals surface area contributed by atoms with Gasteiger partial charge in [-0.3, -0.25) is 0 Å². The molecule has 3 N–H and O–H groups in total. The average Bonchev–Trinajstić information content (AvgIpc) is 2.26. The predicted octanol–water partition coefficient (Wildman–Crippen LogP) is 0.535. The molecule has 0 heterocycles. The maximum absolute atomic E-state index is 6.08. The Kier molecular flexibility index (Phi) is 11.9. The molecule has 3 unspecified atom stereocenters. The summed E-state index contributed by atoms with van der Waals surface area (Å²) < 4.78 is 12.1. The molecule has 7 heteroatoms. The first kappa shape index (κ1) is 17.5. The van der Waals surface area contributed by atoms with E-state index < -0.39 is 27.4 Å². The van der Waals surface area contributed by atoms with E-state index >= 15 is 0 Å². The molecule has 0 amide bonds. The van der Waals surface area contributed by atoms with Crippen molar-refractivity contribution in [2.45, 2.75) is 44.6 Å². The maximum atomic E-state index is 6.08. The summed E-state index contributed by atoms with van der Waals surface area (Å²) in [7, 11) is -1.34. The number of hydrogen-bond acceptors (Lipinski definition) is 4. The fourth-order valence-corrected chi connectivity index (χ4v) is 10.5. The van der Waals surface area contributed by atoms with Crippen molar-refractivity contribution < 1.29 is 8.23 Å². The van der Waals surface area contributed by atoms with Gasteiger partial charge in [0.2, 0.25) is 0 Å². The lowest BCUT2D eigenvalue weighted by atomic mass is 10.5. The second-order valence-electron chi connectivity index (χ2n) is 4.64. The minimum Gasteiger partial charge on any atom is -0.441 e. The molecular weight excluding hydrogens is 264 g/mol. The van der Waals surface area contributed by atoms with Crippen LogP contribution in [0.3, 0.4) is 0 Å². The highest BCUT2D eigenvalue weighted by Crippen LogP contribution is 2.05. The highest BCUT2D eigenvalue weighted by atomic mass is 28.4. The molecule has 0 bridgehead atoms. The molecule has 0 radical (unpaired) electrons. The van der Waals surface area contributed by atoms with Crippen molar-refractivity contribution in [1.29, 1.82) is 0 Å². The van der Waals surface area contributed by atoms with E-state index in [2.05, 4.69) is 25.0 Å². The van der Waals surface area contributed by atoms with Gasteiger partial charge in [-0.1, -0.05) is 0 Å². The molecule has 0 aliphatic carbocycles. The molecule has 0 saturated heterocycles. The maximum Gasteiger partial charge on any atom is 0.297 e. The molecule has 0 rings (SSSR count). The molecule has 0 fully saturated rings. The van der Waals surface area contributed by atoms with Crippen LogP contribution in [0.5, 0.6) is 0 Å². The summed E-state index contributed by atoms with van der Waals surface area (Å²) in [4.78, 5) is 0. The van der Waals surface area contributed by atoms with Crippen LogP contribution in [0.1, 0.15) is 12.8 Å². The molecule has 0 aromatic heterocycles. The van der Waals surface area contributed by atoms with Gasteiger partial charge in [0.1, 0.15) is 0 Å². The van der Waals surface area contributed by atoms with Crippen LogP contribution in [0.25, 0.3) is 0 Å². The van der Waals surface area contributed by atoms with Gasteiger partial charge >= 0.3 is 0 Å². The second-order valence-corrected chi connectivity index (χ2v) is 12.3. The summed E-state index contributed by atoms with van der Waals surface area (Å²) >= 11 is 0. The highest BCUT2D eigenvalue weighted by molar-refractivity contribution is 6.67. The molecule has 0 spiro atoms. The van der Waals surface area contributed by atoms with E-state index in [9.17, 15) is 0 Å². The molecule has 0 aromatic rings. The van der Waals surface area contributed by atoms with Gasteiger partial charge < -0.3 is 19.3 Å². The average molecular weight is 295 g/mol. The number of hydrogen-bond donors (Lipinski definition) is 2. The SMILES string of the molecule is CNCCC[SiH](C)O[SiH](C)O[SiH](C)CCCN. The number of nitrogens with one attached hydrogen (secondary N) is 1. The van der Waals surface area contributed by atoms with Gasteiger partial charge in [0.15, 0.2) is 18.1 Å². The van der Waals surface area contributed by atoms with E-state index in [1.807, 2.05) is 7.05 Å². The number of nitrogens with two attached hydrogens (primary N) is 1. The molecule has 3 atom stereocenters. The first-order chi connectivity index (χ1) is 8.10. The van der Waals surface area contributed by atoms with Gasteiger partial charge in [0.05, 0.1) is 0 Å². The van der Waals surface area contributed by atoms with Crippen LogP contribution < -0.4 is 11.1 Å². The lowest BCUT2D eigenvalue weighted by Gasteiger charge is -2.21. The number of rotatable bonds is 11. The Morgan fingerprint density at radius 3 is 2.00 bits per heavy atom. The molecule has 0 aliphatic heterocycles. The molecular formula is C10H30N2O2Si3. The van der Waals surface area contributed by atoms with Crippen molar-refractivity contribution in [2.24, 2.45) is 5.73 Å². The van der Waals surface area contributed by atoms with E-state index in [1.165, 1.54) is 18.5 Å². The van der Waals surface area contributed by atoms with Crippen LogP contribution >= 0.6 is 0 Å². The van der Waals surface area contributed by atoms with Crippen molar-refractivity contribution >= 4 is 27.4 Å². The van der Waals surface area contributed by atoms with E-state index in [0.717, 1.165) is 19.5 Å². The summed E-state index contributed by atoms with van der Waals surface area (Å²) in [5.41, 5.74) is 5.50. The van der Waals surface area contributed by atoms with Crippen LogP contribution in [0.2, 0.25) is 31.7 Å². The zero-order valence-corrected chi connectivity index (χ0v) is 15.3. The van der Waals surface area contributed by atoms with Crippen molar-refractivity contribution in [2.75, 3.05) is 20.1 Å². The third-order valence-corrected chi connectivity index (χ3v) is 11.9. The van der Waals surface area contributed by atoms with Crippen LogP contribution in [0, 0.1) is 0 Å². The molecule has 4 nitrogen and oxygen atoms in total. The molecule has 0 aromatic carbocycles. The summed E-state index contributed by atoms with van der Waals surface area (Å²) in [5.74, 6) is 0. The van der Waals surface area contributed by atoms with Gasteiger partial charge in [-0.2, -0.15) is 0 Å². The second kappa shape index (κ2) is 11.6. The quantitative estimate of drug-likeness (QED) is 0.431. The van der Waals surface area contributed by atoms with E-state index in [1.54, 1.807) is 0 Å². The standard InChI is InChI=1S/C10H30N2O2Si3/c1-12-8-6-10-16(3)14-17(4)13-15(2)9-5-7-11/h12,15-17H,5-11H2,1-4H3. The lowest BCUT2D eigenvalue weighted by Crippen LogP contribution is -2.32. The normalized spacial score (nSPS) is 16.8. The minimum atomic E-state index is -1.35. The molecule has 17 heavy (non-hydrogen) atoms. The first-order valence-corrected chi connectivity index (χ1v) is 13.7. The van der Waals surface area contributed by atoms with Crippen molar-refractivity contribution in [3.63, 3.8) is 0 Å². The van der Waals surface area contributed by atoms with Crippen LogP contribution in [0.15, 0.2) is 0 Å². The lowest BCUT2D eigenvalue weighted by molar-refractivity contribution is 0.440. The summed E-state index contributed by atoms with van der Waals surface area (Å²) in [6.45, 7) is 8.60. The fourth-order valence-electron chi connectivity index (χ4n) is 1.79. The van der Waals surface area contributed by atoms with E-state index in [4.69, 9.17) is 14.0 Å². The van der Waals surface area contributed by atoms with Crippen LogP contribution in [-0.2, 0) is 8.23 Å². The van der Waals surface area contributed by atoms with Gasteiger partial charge in [-0.25, -0.2) is 0 Å². The van der Waals surface area contributed by atoms with Crippen LogP contribution in [-0.4, -0.2) is 47.5 Å². The van der Waals surface area contributed by atoms with E-state index in [0.29, 0.717) is 0 Å². The summed E-state index contributed by atoms with van der Waals surface area (Å²) in [6, 6.07) is 2.44.